The van der Waals surface area contributed by atoms with E-state index >= 15 is 0 Å². The van der Waals surface area contributed by atoms with Crippen LogP contribution >= 0.6 is 15.6 Å². The summed E-state index contributed by atoms with van der Waals surface area (Å²) in [4.78, 5) is 72.6. The minimum Gasteiger partial charge on any atom is -0.462 e. The van der Waals surface area contributed by atoms with E-state index in [1.54, 1.807) is 18.2 Å². The van der Waals surface area contributed by atoms with Gasteiger partial charge in [-0.05, 0) is 135 Å². The standard InChI is InChI=1S/C79H128O17P2/c1-5-9-13-17-21-25-29-33-36-40-43-47-51-55-59-63-76(81)89-69-74(95-78(83)65-61-57-53-49-45-39-32-28-24-20-16-12-8-4)71-93-97(85,86)91-67-73(80)68-92-98(87,88)94-72-75(96-79(84)66-62-58-54-50-46-42-38-35-31-27-23-19-15-11-7-3)70-90-77(82)64-60-56-52-48-44-41-37-34-30-26-22-18-14-10-6-2/h10-11,14-15,21-23,25-28,32-38,44,46,48,50,56,58,60,62,73-75,80H,5-9,12-13,16-20,24,29-31,39-43,45,47,49,51-55,57,59,61,63-72H2,1-4H3,(H,85,86)(H,87,88)/b14-10-,15-11-,25-21-,26-22-,27-23-,32-28-,36-33-,37-34-,38-35-,48-44-,50-46-,60-56-,62-58-. The molecule has 3 N–H and O–H groups in total. The number of aliphatic hydroxyl groups excluding tert-OH is 1. The van der Waals surface area contributed by atoms with Crippen LogP contribution in [-0.4, -0.2) is 96.7 Å². The van der Waals surface area contributed by atoms with Gasteiger partial charge in [-0.25, -0.2) is 9.13 Å². The lowest BCUT2D eigenvalue weighted by molar-refractivity contribution is -0.161. The Hall–Kier alpha value is -5.32. The number of carbonyl (C=O) groups is 4. The van der Waals surface area contributed by atoms with Gasteiger partial charge in [0.15, 0.2) is 12.2 Å². The Balaban J connectivity index is 5.51. The number of ether oxygens (including phenoxy) is 4. The van der Waals surface area contributed by atoms with Gasteiger partial charge >= 0.3 is 39.5 Å². The number of esters is 4. The molecule has 98 heavy (non-hydrogen) atoms. The molecule has 0 aromatic heterocycles. The van der Waals surface area contributed by atoms with Gasteiger partial charge in [-0.1, -0.05) is 256 Å². The quantitative estimate of drug-likeness (QED) is 0.0169. The summed E-state index contributed by atoms with van der Waals surface area (Å²) in [7, 11) is -10.0. The van der Waals surface area contributed by atoms with Crippen molar-refractivity contribution < 1.29 is 80.2 Å². The number of carbonyl (C=O) groups excluding carboxylic acids is 4. The lowest BCUT2D eigenvalue weighted by Gasteiger charge is -2.21. The number of phosphoric acid groups is 2. The van der Waals surface area contributed by atoms with E-state index in [9.17, 15) is 43.2 Å². The number of unbranched alkanes of at least 4 members (excludes halogenated alkanes) is 17. The van der Waals surface area contributed by atoms with Crippen molar-refractivity contribution in [3.05, 3.63) is 158 Å². The molecule has 0 heterocycles. The SMILES string of the molecule is CC/C=C\C/C=C\C/C=C\C/C=C\C/C=C\CC(=O)OCC(COP(=O)(O)OCC(O)COP(=O)(O)OCC(COC(=O)CCCCCCC/C=C\C/C=C\CCCCC)OC(=O)CCCCCCC/C=C\CCCCCC)OC(=O)C/C=C\C/C=C\C/C=C\C/C=C\C/C=C\CC. The van der Waals surface area contributed by atoms with Crippen molar-refractivity contribution in [2.24, 2.45) is 0 Å². The second kappa shape index (κ2) is 70.1. The van der Waals surface area contributed by atoms with Crippen LogP contribution in [-0.2, 0) is 65.4 Å². The van der Waals surface area contributed by atoms with Crippen molar-refractivity contribution in [3.8, 4) is 0 Å². The van der Waals surface area contributed by atoms with Gasteiger partial charge in [0.1, 0.15) is 19.3 Å². The van der Waals surface area contributed by atoms with E-state index in [1.165, 1.54) is 44.9 Å². The normalized spacial score (nSPS) is 14.9. The number of allylic oxidation sites excluding steroid dienone is 24. The lowest BCUT2D eigenvalue weighted by Crippen LogP contribution is -2.30. The van der Waals surface area contributed by atoms with Gasteiger partial charge in [-0.15, -0.1) is 0 Å². The molecule has 5 atom stereocenters. The summed E-state index contributed by atoms with van der Waals surface area (Å²) >= 11 is 0. The summed E-state index contributed by atoms with van der Waals surface area (Å²) in [5.41, 5.74) is 0. The van der Waals surface area contributed by atoms with E-state index in [0.717, 1.165) is 135 Å². The highest BCUT2D eigenvalue weighted by Crippen LogP contribution is 2.45. The Morgan fingerprint density at radius 3 is 0.980 bits per heavy atom. The maximum atomic E-state index is 13.1. The van der Waals surface area contributed by atoms with Crippen LogP contribution in [0, 0.1) is 0 Å². The van der Waals surface area contributed by atoms with Crippen molar-refractivity contribution in [3.63, 3.8) is 0 Å². The monoisotopic (exact) mass is 1410 g/mol. The zero-order chi connectivity index (χ0) is 71.8. The zero-order valence-electron chi connectivity index (χ0n) is 60.4. The molecule has 0 aromatic carbocycles. The summed E-state index contributed by atoms with van der Waals surface area (Å²) in [5.74, 6) is -2.51. The zero-order valence-corrected chi connectivity index (χ0v) is 62.2. The molecule has 0 rings (SSSR count). The summed E-state index contributed by atoms with van der Waals surface area (Å²) in [6.45, 7) is 4.31. The molecule has 556 valence electrons. The highest BCUT2D eigenvalue weighted by atomic mass is 31.2. The average Bonchev–Trinajstić information content (AvgIpc) is 1.04. The molecule has 0 aliphatic rings. The molecule has 0 aliphatic heterocycles. The molecule has 0 bridgehead atoms. The molecule has 0 radical (unpaired) electrons. The van der Waals surface area contributed by atoms with Gasteiger partial charge in [0.25, 0.3) is 0 Å². The Morgan fingerprint density at radius 2 is 0.582 bits per heavy atom. The number of hydrogen-bond acceptors (Lipinski definition) is 15. The van der Waals surface area contributed by atoms with Crippen molar-refractivity contribution >= 4 is 39.5 Å². The highest BCUT2D eigenvalue weighted by Gasteiger charge is 2.30. The van der Waals surface area contributed by atoms with Crippen molar-refractivity contribution in [2.75, 3.05) is 39.6 Å². The third kappa shape index (κ3) is 69.2. The molecular weight excluding hydrogens is 1280 g/mol. The first-order chi connectivity index (χ1) is 47.7. The maximum absolute atomic E-state index is 13.1. The summed E-state index contributed by atoms with van der Waals surface area (Å²) in [6.07, 6.45) is 80.2. The first kappa shape index (κ1) is 92.7. The van der Waals surface area contributed by atoms with Crippen molar-refractivity contribution in [2.45, 2.75) is 277 Å². The van der Waals surface area contributed by atoms with Crippen molar-refractivity contribution in [1.82, 2.24) is 0 Å². The molecular formula is C79H128O17P2. The van der Waals surface area contributed by atoms with Crippen LogP contribution in [0.25, 0.3) is 0 Å². The van der Waals surface area contributed by atoms with Crippen LogP contribution in [0.1, 0.15) is 259 Å². The van der Waals surface area contributed by atoms with E-state index in [2.05, 4.69) is 137 Å². The first-order valence-corrected chi connectivity index (χ1v) is 39.7. The van der Waals surface area contributed by atoms with Crippen LogP contribution < -0.4 is 0 Å². The summed E-state index contributed by atoms with van der Waals surface area (Å²) < 4.78 is 68.1. The molecule has 0 aliphatic carbocycles. The van der Waals surface area contributed by atoms with E-state index in [1.807, 2.05) is 30.4 Å². The van der Waals surface area contributed by atoms with Crippen LogP contribution in [0.3, 0.4) is 0 Å². The Bertz CT molecular complexity index is 2480. The van der Waals surface area contributed by atoms with Crippen LogP contribution in [0.15, 0.2) is 158 Å². The predicted molar refractivity (Wildman–Crippen MR) is 399 cm³/mol. The Morgan fingerprint density at radius 1 is 0.306 bits per heavy atom. The van der Waals surface area contributed by atoms with E-state index < -0.39 is 97.5 Å². The topological polar surface area (TPSA) is 237 Å². The molecule has 0 amide bonds. The van der Waals surface area contributed by atoms with Gasteiger partial charge in [-0.2, -0.15) is 0 Å². The van der Waals surface area contributed by atoms with Gasteiger partial charge in [0.2, 0.25) is 0 Å². The minimum atomic E-state index is -5.02. The fraction of sp³-hybridized carbons (Fsp3) is 0.620. The molecule has 19 heteroatoms. The molecule has 0 aromatic rings. The van der Waals surface area contributed by atoms with Crippen molar-refractivity contribution in [1.29, 1.82) is 0 Å². The summed E-state index contributed by atoms with van der Waals surface area (Å²) in [5, 5.41) is 10.6. The second-order valence-electron chi connectivity index (χ2n) is 23.8. The van der Waals surface area contributed by atoms with Gasteiger partial charge in [0.05, 0.1) is 39.3 Å². The molecule has 0 spiro atoms. The Kier molecular flexibility index (Phi) is 66.3. The van der Waals surface area contributed by atoms with Crippen LogP contribution in [0.2, 0.25) is 0 Å². The molecule has 5 unspecified atom stereocenters. The molecule has 17 nitrogen and oxygen atoms in total. The third-order valence-corrected chi connectivity index (χ3v) is 16.4. The fourth-order valence-corrected chi connectivity index (χ4v) is 10.6. The molecule has 0 saturated heterocycles. The highest BCUT2D eigenvalue weighted by molar-refractivity contribution is 7.47. The number of phosphoric ester groups is 2. The maximum Gasteiger partial charge on any atom is 0.472 e. The number of aliphatic hydroxyl groups is 1. The minimum absolute atomic E-state index is 0.0729. The smallest absolute Gasteiger partial charge is 0.462 e. The van der Waals surface area contributed by atoms with E-state index in [4.69, 9.17) is 37.0 Å². The Labute approximate surface area is 591 Å². The molecule has 0 fully saturated rings. The molecule has 0 saturated carbocycles. The lowest BCUT2D eigenvalue weighted by atomic mass is 10.1. The van der Waals surface area contributed by atoms with Gasteiger partial charge < -0.3 is 33.8 Å². The number of hydrogen-bond donors (Lipinski definition) is 3. The van der Waals surface area contributed by atoms with Crippen LogP contribution in [0.5, 0.6) is 0 Å². The van der Waals surface area contributed by atoms with E-state index in [-0.39, 0.29) is 25.7 Å². The van der Waals surface area contributed by atoms with Gasteiger partial charge in [-0.3, -0.25) is 37.3 Å². The van der Waals surface area contributed by atoms with E-state index in [0.29, 0.717) is 25.7 Å². The number of rotatable bonds is 67. The fourth-order valence-electron chi connectivity index (χ4n) is 8.98. The average molecular weight is 1410 g/mol. The largest absolute Gasteiger partial charge is 0.472 e. The summed E-state index contributed by atoms with van der Waals surface area (Å²) in [6, 6.07) is 0. The van der Waals surface area contributed by atoms with Crippen LogP contribution in [0.4, 0.5) is 0 Å². The first-order valence-electron chi connectivity index (χ1n) is 36.7. The predicted octanol–water partition coefficient (Wildman–Crippen LogP) is 20.9. The van der Waals surface area contributed by atoms with Gasteiger partial charge in [0, 0.05) is 12.8 Å². The third-order valence-electron chi connectivity index (χ3n) is 14.5. The second-order valence-corrected chi connectivity index (χ2v) is 26.7.